The van der Waals surface area contributed by atoms with Gasteiger partial charge in [0.2, 0.25) is 0 Å². The van der Waals surface area contributed by atoms with Crippen molar-refractivity contribution >= 4 is 17.0 Å². The Hall–Kier alpha value is -2.61. The lowest BCUT2D eigenvalue weighted by Gasteiger charge is -2.30. The van der Waals surface area contributed by atoms with Crippen molar-refractivity contribution in [2.24, 2.45) is 0 Å². The van der Waals surface area contributed by atoms with Gasteiger partial charge in [0.05, 0.1) is 12.6 Å². The lowest BCUT2D eigenvalue weighted by molar-refractivity contribution is 0.145. The van der Waals surface area contributed by atoms with Gasteiger partial charge in [-0.05, 0) is 37.5 Å². The van der Waals surface area contributed by atoms with Crippen molar-refractivity contribution in [1.29, 1.82) is 0 Å². The summed E-state index contributed by atoms with van der Waals surface area (Å²) in [5.41, 5.74) is 2.24. The number of anilines is 1. The zero-order valence-corrected chi connectivity index (χ0v) is 13.9. The Morgan fingerprint density at radius 3 is 2.60 bits per heavy atom. The summed E-state index contributed by atoms with van der Waals surface area (Å²) in [6, 6.07) is 6.31. The predicted octanol–water partition coefficient (Wildman–Crippen LogP) is 1.68. The average molecular weight is 342 g/mol. The van der Waals surface area contributed by atoms with Gasteiger partial charge in [0.1, 0.15) is 11.6 Å². The summed E-state index contributed by atoms with van der Waals surface area (Å²) in [7, 11) is 0. The number of aliphatic hydroxyl groups is 1. The molecular weight excluding hydrogens is 323 g/mol. The van der Waals surface area contributed by atoms with E-state index in [1.807, 2.05) is 6.92 Å². The number of nitrogens with zero attached hydrogens (tertiary/aromatic N) is 6. The number of hydrogen-bond acceptors (Lipinski definition) is 6. The van der Waals surface area contributed by atoms with Crippen molar-refractivity contribution in [3.8, 4) is 0 Å². The first-order chi connectivity index (χ1) is 12.1. The van der Waals surface area contributed by atoms with Crippen molar-refractivity contribution in [2.45, 2.75) is 32.4 Å². The van der Waals surface area contributed by atoms with Crippen LogP contribution >= 0.6 is 0 Å². The monoisotopic (exact) mass is 342 g/mol. The number of aromatic nitrogens is 5. The lowest BCUT2D eigenvalue weighted by atomic mass is 10.1. The minimum atomic E-state index is -0.264. The maximum Gasteiger partial charge on any atom is 0.184 e. The van der Waals surface area contributed by atoms with Gasteiger partial charge in [0.15, 0.2) is 17.0 Å². The second-order valence-corrected chi connectivity index (χ2v) is 6.36. The molecule has 1 fully saturated rings. The van der Waals surface area contributed by atoms with Gasteiger partial charge in [-0.15, -0.1) is 5.10 Å². The van der Waals surface area contributed by atoms with E-state index in [2.05, 4.69) is 25.2 Å². The zero-order chi connectivity index (χ0) is 17.4. The van der Waals surface area contributed by atoms with Crippen LogP contribution in [-0.2, 0) is 6.54 Å². The third kappa shape index (κ3) is 3.17. The molecule has 7 nitrogen and oxygen atoms in total. The third-order valence-electron chi connectivity index (χ3n) is 4.47. The van der Waals surface area contributed by atoms with E-state index in [0.29, 0.717) is 36.4 Å². The van der Waals surface area contributed by atoms with E-state index < -0.39 is 0 Å². The number of aryl methyl sites for hydroxylation is 1. The van der Waals surface area contributed by atoms with Gasteiger partial charge in [-0.25, -0.2) is 19.0 Å². The first-order valence-corrected chi connectivity index (χ1v) is 8.35. The molecule has 0 atom stereocenters. The van der Waals surface area contributed by atoms with Crippen molar-refractivity contribution in [2.75, 3.05) is 18.0 Å². The summed E-state index contributed by atoms with van der Waals surface area (Å²) >= 11 is 0. The molecule has 1 N–H and O–H groups in total. The minimum absolute atomic E-state index is 0.246. The second-order valence-electron chi connectivity index (χ2n) is 6.36. The van der Waals surface area contributed by atoms with E-state index in [9.17, 15) is 9.50 Å². The Kier molecular flexibility index (Phi) is 4.04. The standard InChI is InChI=1S/C17H19FN6O/c1-11-19-16(23-8-6-14(25)7-9-23)15-17(20-11)24(22-21-15)10-12-2-4-13(18)5-3-12/h2-5,14,25H,6-10H2,1H3. The van der Waals surface area contributed by atoms with Gasteiger partial charge in [-0.3, -0.25) is 0 Å². The lowest BCUT2D eigenvalue weighted by Crippen LogP contribution is -2.36. The van der Waals surface area contributed by atoms with Gasteiger partial charge < -0.3 is 10.0 Å². The summed E-state index contributed by atoms with van der Waals surface area (Å²) in [6.45, 7) is 3.78. The Bertz CT molecular complexity index is 886. The summed E-state index contributed by atoms with van der Waals surface area (Å²) in [6.07, 6.45) is 1.19. The summed E-state index contributed by atoms with van der Waals surface area (Å²) in [5.74, 6) is 1.15. The van der Waals surface area contributed by atoms with Crippen LogP contribution in [0.4, 0.5) is 10.2 Å². The molecule has 0 amide bonds. The fourth-order valence-electron chi connectivity index (χ4n) is 3.12. The average Bonchev–Trinajstić information content (AvgIpc) is 3.00. The van der Waals surface area contributed by atoms with E-state index in [1.165, 1.54) is 12.1 Å². The molecule has 0 aliphatic carbocycles. The van der Waals surface area contributed by atoms with Crippen LogP contribution in [0, 0.1) is 12.7 Å². The van der Waals surface area contributed by atoms with Crippen LogP contribution < -0.4 is 4.90 Å². The largest absolute Gasteiger partial charge is 0.393 e. The van der Waals surface area contributed by atoms with E-state index in [4.69, 9.17) is 0 Å². The molecular formula is C17H19FN6O. The van der Waals surface area contributed by atoms with Gasteiger partial charge in [0.25, 0.3) is 0 Å². The third-order valence-corrected chi connectivity index (χ3v) is 4.47. The summed E-state index contributed by atoms with van der Waals surface area (Å²) in [5, 5.41) is 18.2. The highest BCUT2D eigenvalue weighted by atomic mass is 19.1. The molecule has 0 saturated carbocycles. The van der Waals surface area contributed by atoms with Crippen molar-refractivity contribution in [1.82, 2.24) is 25.0 Å². The topological polar surface area (TPSA) is 80.0 Å². The molecule has 0 bridgehead atoms. The van der Waals surface area contributed by atoms with Crippen LogP contribution in [0.1, 0.15) is 24.2 Å². The fraction of sp³-hybridized carbons (Fsp3) is 0.412. The van der Waals surface area contributed by atoms with Crippen LogP contribution in [0.5, 0.6) is 0 Å². The van der Waals surface area contributed by atoms with Crippen LogP contribution in [0.25, 0.3) is 11.2 Å². The predicted molar refractivity (Wildman–Crippen MR) is 90.8 cm³/mol. The molecule has 4 rings (SSSR count). The Labute approximate surface area is 144 Å². The number of piperidine rings is 1. The van der Waals surface area contributed by atoms with Crippen LogP contribution in [0.15, 0.2) is 24.3 Å². The van der Waals surface area contributed by atoms with Gasteiger partial charge in [0, 0.05) is 13.1 Å². The molecule has 1 aromatic carbocycles. The highest BCUT2D eigenvalue weighted by molar-refractivity contribution is 5.83. The first-order valence-electron chi connectivity index (χ1n) is 8.35. The number of halogens is 1. The quantitative estimate of drug-likeness (QED) is 0.780. The number of benzene rings is 1. The molecule has 0 radical (unpaired) electrons. The number of hydrogen-bond donors (Lipinski definition) is 1. The van der Waals surface area contributed by atoms with Gasteiger partial charge >= 0.3 is 0 Å². The van der Waals surface area contributed by atoms with Gasteiger partial charge in [-0.1, -0.05) is 17.3 Å². The molecule has 0 spiro atoms. The smallest absolute Gasteiger partial charge is 0.184 e. The number of fused-ring (bicyclic) bond motifs is 1. The number of rotatable bonds is 3. The van der Waals surface area contributed by atoms with E-state index >= 15 is 0 Å². The molecule has 8 heteroatoms. The second kappa shape index (κ2) is 6.36. The van der Waals surface area contributed by atoms with Crippen LogP contribution in [0.3, 0.4) is 0 Å². The zero-order valence-electron chi connectivity index (χ0n) is 13.9. The summed E-state index contributed by atoms with van der Waals surface area (Å²) < 4.78 is 14.8. The maximum absolute atomic E-state index is 13.1. The molecule has 1 saturated heterocycles. The Balaban J connectivity index is 1.69. The summed E-state index contributed by atoms with van der Waals surface area (Å²) in [4.78, 5) is 11.2. The van der Waals surface area contributed by atoms with Crippen molar-refractivity contribution < 1.29 is 9.50 Å². The molecule has 1 aliphatic rings. The number of aliphatic hydroxyl groups excluding tert-OH is 1. The molecule has 3 heterocycles. The molecule has 25 heavy (non-hydrogen) atoms. The molecule has 3 aromatic rings. The van der Waals surface area contributed by atoms with E-state index in [0.717, 1.165) is 24.5 Å². The molecule has 0 unspecified atom stereocenters. The van der Waals surface area contributed by atoms with E-state index in [1.54, 1.807) is 16.8 Å². The molecule has 1 aliphatic heterocycles. The molecule has 2 aromatic heterocycles. The molecule has 130 valence electrons. The Morgan fingerprint density at radius 2 is 1.88 bits per heavy atom. The van der Waals surface area contributed by atoms with Crippen molar-refractivity contribution in [3.63, 3.8) is 0 Å². The maximum atomic E-state index is 13.1. The Morgan fingerprint density at radius 1 is 1.16 bits per heavy atom. The van der Waals surface area contributed by atoms with E-state index in [-0.39, 0.29) is 11.9 Å². The highest BCUT2D eigenvalue weighted by Crippen LogP contribution is 2.25. The first kappa shape index (κ1) is 15.9. The normalized spacial score (nSPS) is 15.9. The fourth-order valence-corrected chi connectivity index (χ4v) is 3.12. The van der Waals surface area contributed by atoms with Crippen LogP contribution in [-0.4, -0.2) is 49.3 Å². The highest BCUT2D eigenvalue weighted by Gasteiger charge is 2.23. The van der Waals surface area contributed by atoms with Crippen LogP contribution in [0.2, 0.25) is 0 Å². The minimum Gasteiger partial charge on any atom is -0.393 e. The van der Waals surface area contributed by atoms with Crippen molar-refractivity contribution in [3.05, 3.63) is 41.5 Å². The van der Waals surface area contributed by atoms with Gasteiger partial charge in [-0.2, -0.15) is 0 Å². The SMILES string of the molecule is Cc1nc(N2CCC(O)CC2)c2nnn(Cc3ccc(F)cc3)c2n1.